The number of hydrogen-bond donors (Lipinski definition) is 0. The van der Waals surface area contributed by atoms with Gasteiger partial charge in [0.25, 0.3) is 0 Å². The molecule has 0 fully saturated rings. The fourth-order valence-corrected chi connectivity index (χ4v) is 0. The molecule has 0 aromatic carbocycles. The maximum atomic E-state index is 8.25. The average molecular weight is 361 g/mol. The Kier molecular flexibility index (Phi) is 51.5. The molecule has 0 radical (unpaired) electrons. The molecule has 0 unspecified atom stereocenters. The molecule has 0 spiro atoms. The summed E-state index contributed by atoms with van der Waals surface area (Å²) in [4.78, 5) is 41.2. The first-order valence-corrected chi connectivity index (χ1v) is 2.74. The number of rotatable bonds is 0. The van der Waals surface area contributed by atoms with Crippen molar-refractivity contribution in [2.75, 3.05) is 0 Å². The monoisotopic (exact) mass is 361 g/mol. The average Bonchev–Trinajstić information content (AvgIpc) is 1.94. The fraction of sp³-hybridized carbons (Fsp3) is 0. The molecule has 0 aliphatic heterocycles. The van der Waals surface area contributed by atoms with Gasteiger partial charge in [0.2, 0.25) is 0 Å². The number of nitrogens with zero attached hydrogens (tertiary/aromatic N) is 5. The molecule has 0 rings (SSSR count). The van der Waals surface area contributed by atoms with Gasteiger partial charge in [0.1, 0.15) is 0 Å². The molecule has 20 nitrogen and oxygen atoms in total. The molecule has 120 valence electrons. The van der Waals surface area contributed by atoms with E-state index in [9.17, 15) is 0 Å². The van der Waals surface area contributed by atoms with Crippen LogP contribution in [-0.4, -0.2) is 25.4 Å². The third-order valence-corrected chi connectivity index (χ3v) is 0. The van der Waals surface area contributed by atoms with Gasteiger partial charge < -0.3 is 76.6 Å². The van der Waals surface area contributed by atoms with E-state index in [0.29, 0.717) is 0 Å². The summed E-state index contributed by atoms with van der Waals surface area (Å²) in [7, 11) is 0. The van der Waals surface area contributed by atoms with Gasteiger partial charge in [0.05, 0.1) is 25.4 Å². The van der Waals surface area contributed by atoms with E-state index in [2.05, 4.69) is 0 Å². The molecular weight excluding hydrogens is 361 g/mol. The van der Waals surface area contributed by atoms with Crippen LogP contribution in [0.15, 0.2) is 0 Å². The molecule has 0 N–H and O–H groups in total. The Morgan fingerprint density at radius 2 is 0.333 bits per heavy atom. The first kappa shape index (κ1) is 36.0. The molecular formula is N5O15V. The summed E-state index contributed by atoms with van der Waals surface area (Å²) in [6, 6.07) is 0. The van der Waals surface area contributed by atoms with E-state index in [1.54, 1.807) is 0 Å². The van der Waals surface area contributed by atoms with Crippen LogP contribution in [0.1, 0.15) is 0 Å². The molecule has 0 saturated carbocycles. The van der Waals surface area contributed by atoms with Crippen molar-refractivity contribution in [2.24, 2.45) is 0 Å². The van der Waals surface area contributed by atoms with E-state index in [0.717, 1.165) is 0 Å². The molecule has 0 heterocycles. The smallest absolute Gasteiger partial charge is 0.356 e. The quantitative estimate of drug-likeness (QED) is 0.361. The molecule has 0 aromatic heterocycles. The van der Waals surface area contributed by atoms with Crippen molar-refractivity contribution in [1.82, 2.24) is 0 Å². The maximum Gasteiger partial charge on any atom is 5.00 e. The molecule has 0 atom stereocenters. The van der Waals surface area contributed by atoms with Crippen molar-refractivity contribution < 1.29 is 44.0 Å². The van der Waals surface area contributed by atoms with Gasteiger partial charge in [0, 0.05) is 0 Å². The summed E-state index contributed by atoms with van der Waals surface area (Å²) >= 11 is 0. The van der Waals surface area contributed by atoms with E-state index in [-0.39, 0.29) is 18.6 Å². The molecule has 21 heavy (non-hydrogen) atoms. The van der Waals surface area contributed by atoms with Gasteiger partial charge in [-0.25, -0.2) is 0 Å². The van der Waals surface area contributed by atoms with Gasteiger partial charge >= 0.3 is 18.6 Å². The zero-order valence-corrected chi connectivity index (χ0v) is 10.2. The third-order valence-electron chi connectivity index (χ3n) is 0. The van der Waals surface area contributed by atoms with E-state index in [1.807, 2.05) is 0 Å². The zero-order valence-electron chi connectivity index (χ0n) is 8.81. The summed E-state index contributed by atoms with van der Waals surface area (Å²) < 4.78 is 0. The van der Waals surface area contributed by atoms with Crippen LogP contribution in [0.3, 0.4) is 0 Å². The van der Waals surface area contributed by atoms with Crippen LogP contribution >= 0.6 is 0 Å². The first-order chi connectivity index (χ1) is 8.66. The molecule has 0 aliphatic carbocycles. The molecule has 21 heteroatoms. The molecule has 0 amide bonds. The molecule has 0 aromatic rings. The van der Waals surface area contributed by atoms with E-state index < -0.39 is 25.4 Å². The Labute approximate surface area is 121 Å². The first-order valence-electron chi connectivity index (χ1n) is 2.74. The van der Waals surface area contributed by atoms with Gasteiger partial charge in [-0.15, -0.1) is 0 Å². The van der Waals surface area contributed by atoms with Gasteiger partial charge in [-0.05, 0) is 0 Å². The van der Waals surface area contributed by atoms with E-state index in [1.165, 1.54) is 0 Å². The van der Waals surface area contributed by atoms with Crippen LogP contribution in [-0.2, 0) is 18.6 Å². The second kappa shape index (κ2) is 30.0. The Hall–Kier alpha value is -3.42. The van der Waals surface area contributed by atoms with E-state index >= 15 is 0 Å². The minimum absolute atomic E-state index is 0. The van der Waals surface area contributed by atoms with Gasteiger partial charge in [0.15, 0.2) is 0 Å². The van der Waals surface area contributed by atoms with Crippen LogP contribution in [0, 0.1) is 76.6 Å². The van der Waals surface area contributed by atoms with Crippen molar-refractivity contribution in [3.8, 4) is 0 Å². The standard InChI is InChI=1S/5NO3.V/c5*2-1(3)4;/q5*-1;+5. The molecule has 0 aliphatic rings. The molecule has 0 saturated heterocycles. The Bertz CT molecular complexity index is 207. The van der Waals surface area contributed by atoms with Crippen LogP contribution < -0.4 is 0 Å². The second-order valence-electron chi connectivity index (χ2n) is 1.12. The molecule has 0 bridgehead atoms. The van der Waals surface area contributed by atoms with Crippen molar-refractivity contribution in [2.45, 2.75) is 0 Å². The SMILES string of the molecule is O=[N+]([O-])[O-].O=[N+]([O-])[O-].O=[N+]([O-])[O-].O=[N+]([O-])[O-].O=[N+]([O-])[O-].[V+5]. The topological polar surface area (TPSA) is 331 Å². The maximum absolute atomic E-state index is 8.25. The summed E-state index contributed by atoms with van der Waals surface area (Å²) in [6.45, 7) is 0. The summed E-state index contributed by atoms with van der Waals surface area (Å²) in [6.07, 6.45) is 0. The largest absolute Gasteiger partial charge is 5.00 e. The summed E-state index contributed by atoms with van der Waals surface area (Å²) in [5.41, 5.74) is 0. The van der Waals surface area contributed by atoms with Gasteiger partial charge in [-0.3, -0.25) is 0 Å². The zero-order chi connectivity index (χ0) is 17.9. The van der Waals surface area contributed by atoms with Crippen LogP contribution in [0.2, 0.25) is 0 Å². The van der Waals surface area contributed by atoms with Gasteiger partial charge in [-0.1, -0.05) is 0 Å². The fourth-order valence-electron chi connectivity index (χ4n) is 0. The number of hydrogen-bond acceptors (Lipinski definition) is 15. The predicted octanol–water partition coefficient (Wildman–Crippen LogP) is -1.20. The third kappa shape index (κ3) is 302. The summed E-state index contributed by atoms with van der Waals surface area (Å²) in [5, 5.41) is 73.8. The van der Waals surface area contributed by atoms with Crippen LogP contribution in [0.25, 0.3) is 0 Å². The van der Waals surface area contributed by atoms with Crippen molar-refractivity contribution in [3.05, 3.63) is 76.6 Å². The van der Waals surface area contributed by atoms with Crippen molar-refractivity contribution in [3.63, 3.8) is 0 Å². The minimum Gasteiger partial charge on any atom is -0.356 e. The Morgan fingerprint density at radius 3 is 0.333 bits per heavy atom. The van der Waals surface area contributed by atoms with E-state index in [4.69, 9.17) is 76.6 Å². The second-order valence-corrected chi connectivity index (χ2v) is 1.12. The Morgan fingerprint density at radius 1 is 0.333 bits per heavy atom. The van der Waals surface area contributed by atoms with Crippen molar-refractivity contribution in [1.29, 1.82) is 0 Å². The van der Waals surface area contributed by atoms with Crippen molar-refractivity contribution >= 4 is 0 Å². The summed E-state index contributed by atoms with van der Waals surface area (Å²) in [5.74, 6) is 0. The van der Waals surface area contributed by atoms with Crippen LogP contribution in [0.5, 0.6) is 0 Å². The van der Waals surface area contributed by atoms with Crippen LogP contribution in [0.4, 0.5) is 0 Å². The normalized spacial score (nSPS) is 5.71. The predicted molar refractivity (Wildman–Crippen MR) is 51.8 cm³/mol. The Balaban J connectivity index is -0.0000000331. The van der Waals surface area contributed by atoms with Gasteiger partial charge in [-0.2, -0.15) is 0 Å². The minimum atomic E-state index is -1.75.